The molecule has 1 rings (SSSR count). The molecule has 20 heavy (non-hydrogen) atoms. The zero-order valence-electron chi connectivity index (χ0n) is 12.2. The summed E-state index contributed by atoms with van der Waals surface area (Å²) in [5.74, 6) is -0.243. The van der Waals surface area contributed by atoms with Gasteiger partial charge in [-0.25, -0.2) is 4.79 Å². The predicted molar refractivity (Wildman–Crippen MR) is 72.2 cm³/mol. The normalized spacial score (nSPS) is 16.0. The lowest BCUT2D eigenvalue weighted by molar-refractivity contribution is -0.149. The van der Waals surface area contributed by atoms with Crippen LogP contribution in [0.1, 0.15) is 19.8 Å². The molecule has 0 aromatic heterocycles. The number of ether oxygens (including phenoxy) is 3. The molecule has 0 spiro atoms. The molecule has 0 unspecified atom stereocenters. The SMILES string of the molecule is CCOC(=O)C1CCN(C(=O)NCOCCOC)CC1. The monoisotopic (exact) mass is 288 g/mol. The Hall–Kier alpha value is -1.34. The molecular weight excluding hydrogens is 264 g/mol. The number of urea groups is 1. The van der Waals surface area contributed by atoms with Crippen LogP contribution in [0.25, 0.3) is 0 Å². The number of rotatable bonds is 7. The smallest absolute Gasteiger partial charge is 0.319 e. The zero-order chi connectivity index (χ0) is 14.8. The minimum absolute atomic E-state index is 0.0862. The van der Waals surface area contributed by atoms with Crippen LogP contribution >= 0.6 is 0 Å². The zero-order valence-corrected chi connectivity index (χ0v) is 12.2. The van der Waals surface area contributed by atoms with E-state index in [1.807, 2.05) is 0 Å². The third kappa shape index (κ3) is 5.75. The highest BCUT2D eigenvalue weighted by atomic mass is 16.5. The Labute approximate surface area is 119 Å². The molecule has 116 valence electrons. The number of esters is 1. The van der Waals surface area contributed by atoms with Crippen LogP contribution in [0, 0.1) is 5.92 Å². The number of hydrogen-bond acceptors (Lipinski definition) is 5. The van der Waals surface area contributed by atoms with Gasteiger partial charge < -0.3 is 24.4 Å². The first-order valence-corrected chi connectivity index (χ1v) is 6.95. The third-order valence-corrected chi connectivity index (χ3v) is 3.16. The number of piperidine rings is 1. The molecule has 1 aliphatic heterocycles. The van der Waals surface area contributed by atoms with E-state index in [9.17, 15) is 9.59 Å². The summed E-state index contributed by atoms with van der Waals surface area (Å²) in [6.07, 6.45) is 1.30. The van der Waals surface area contributed by atoms with Crippen LogP contribution in [-0.4, -0.2) is 63.7 Å². The molecule has 2 amide bonds. The number of nitrogens with one attached hydrogen (secondary N) is 1. The van der Waals surface area contributed by atoms with Gasteiger partial charge in [-0.3, -0.25) is 4.79 Å². The van der Waals surface area contributed by atoms with Gasteiger partial charge in [0.1, 0.15) is 6.73 Å². The summed E-state index contributed by atoms with van der Waals surface area (Å²) in [6, 6.07) is -0.162. The van der Waals surface area contributed by atoms with Gasteiger partial charge in [-0.2, -0.15) is 0 Å². The molecule has 1 fully saturated rings. The quantitative estimate of drug-likeness (QED) is 0.421. The van der Waals surface area contributed by atoms with Crippen molar-refractivity contribution in [2.24, 2.45) is 5.92 Å². The molecule has 1 saturated heterocycles. The van der Waals surface area contributed by atoms with Crippen LogP contribution in [0.15, 0.2) is 0 Å². The number of amides is 2. The molecular formula is C13H24N2O5. The Kier molecular flexibility index (Phi) is 7.98. The first-order valence-electron chi connectivity index (χ1n) is 6.95. The molecule has 0 aromatic carbocycles. The van der Waals surface area contributed by atoms with E-state index >= 15 is 0 Å². The van der Waals surface area contributed by atoms with E-state index in [1.165, 1.54) is 0 Å². The summed E-state index contributed by atoms with van der Waals surface area (Å²) in [5, 5.41) is 2.67. The summed E-state index contributed by atoms with van der Waals surface area (Å²) in [5.41, 5.74) is 0. The largest absolute Gasteiger partial charge is 0.466 e. The minimum atomic E-state index is -0.162. The van der Waals surface area contributed by atoms with Crippen LogP contribution in [-0.2, 0) is 19.0 Å². The van der Waals surface area contributed by atoms with Crippen molar-refractivity contribution in [3.63, 3.8) is 0 Å². The topological polar surface area (TPSA) is 77.1 Å². The Bertz CT molecular complexity index is 303. The van der Waals surface area contributed by atoms with Gasteiger partial charge in [-0.15, -0.1) is 0 Å². The summed E-state index contributed by atoms with van der Waals surface area (Å²) < 4.78 is 15.0. The summed E-state index contributed by atoms with van der Waals surface area (Å²) in [6.45, 7) is 4.44. The standard InChI is InChI=1S/C13H24N2O5/c1-3-20-12(16)11-4-6-15(7-5-11)13(17)14-10-19-9-8-18-2/h11H,3-10H2,1-2H3,(H,14,17). The van der Waals surface area contributed by atoms with Gasteiger partial charge in [-0.05, 0) is 19.8 Å². The van der Waals surface area contributed by atoms with E-state index in [0.29, 0.717) is 45.8 Å². The molecule has 7 nitrogen and oxygen atoms in total. The fourth-order valence-corrected chi connectivity index (χ4v) is 2.02. The Morgan fingerprint density at radius 2 is 1.95 bits per heavy atom. The molecule has 1 N–H and O–H groups in total. The summed E-state index contributed by atoms with van der Waals surface area (Å²) >= 11 is 0. The summed E-state index contributed by atoms with van der Waals surface area (Å²) in [7, 11) is 1.59. The lowest BCUT2D eigenvalue weighted by atomic mass is 9.97. The Morgan fingerprint density at radius 1 is 1.25 bits per heavy atom. The maximum absolute atomic E-state index is 11.8. The van der Waals surface area contributed by atoms with Crippen LogP contribution in [0.3, 0.4) is 0 Å². The molecule has 0 aromatic rings. The number of carbonyl (C=O) groups excluding carboxylic acids is 2. The van der Waals surface area contributed by atoms with Gasteiger partial charge in [0, 0.05) is 20.2 Å². The number of methoxy groups -OCH3 is 1. The molecule has 0 atom stereocenters. The fourth-order valence-electron chi connectivity index (χ4n) is 2.02. The van der Waals surface area contributed by atoms with E-state index in [2.05, 4.69) is 5.32 Å². The van der Waals surface area contributed by atoms with Gasteiger partial charge in [0.2, 0.25) is 0 Å². The highest BCUT2D eigenvalue weighted by Crippen LogP contribution is 2.18. The Morgan fingerprint density at radius 3 is 2.55 bits per heavy atom. The van der Waals surface area contributed by atoms with Crippen molar-refractivity contribution in [1.29, 1.82) is 0 Å². The maximum Gasteiger partial charge on any atom is 0.319 e. The number of nitrogens with zero attached hydrogens (tertiary/aromatic N) is 1. The molecule has 1 aliphatic rings. The number of hydrogen-bond donors (Lipinski definition) is 1. The highest BCUT2D eigenvalue weighted by molar-refractivity contribution is 5.75. The minimum Gasteiger partial charge on any atom is -0.466 e. The second kappa shape index (κ2) is 9.55. The fraction of sp³-hybridized carbons (Fsp3) is 0.846. The van der Waals surface area contributed by atoms with Gasteiger partial charge in [0.15, 0.2) is 0 Å². The maximum atomic E-state index is 11.8. The predicted octanol–water partition coefficient (Wildman–Crippen LogP) is 0.592. The van der Waals surface area contributed by atoms with Gasteiger partial charge in [0.25, 0.3) is 0 Å². The van der Waals surface area contributed by atoms with E-state index in [-0.39, 0.29) is 24.6 Å². The first-order chi connectivity index (χ1) is 9.69. The molecule has 0 aliphatic carbocycles. The van der Waals surface area contributed by atoms with Crippen molar-refractivity contribution >= 4 is 12.0 Å². The summed E-state index contributed by atoms with van der Waals surface area (Å²) in [4.78, 5) is 25.1. The van der Waals surface area contributed by atoms with E-state index in [4.69, 9.17) is 14.2 Å². The number of likely N-dealkylation sites (tertiary alicyclic amines) is 1. The lowest BCUT2D eigenvalue weighted by Gasteiger charge is -2.30. The molecule has 0 radical (unpaired) electrons. The van der Waals surface area contributed by atoms with Crippen molar-refractivity contribution in [3.05, 3.63) is 0 Å². The average Bonchev–Trinajstić information content (AvgIpc) is 2.47. The number of carbonyl (C=O) groups is 2. The lowest BCUT2D eigenvalue weighted by Crippen LogP contribution is -2.46. The van der Waals surface area contributed by atoms with E-state index < -0.39 is 0 Å². The van der Waals surface area contributed by atoms with Crippen LogP contribution in [0.4, 0.5) is 4.79 Å². The van der Waals surface area contributed by atoms with Crippen LogP contribution < -0.4 is 5.32 Å². The third-order valence-electron chi connectivity index (χ3n) is 3.16. The van der Waals surface area contributed by atoms with Crippen LogP contribution in [0.2, 0.25) is 0 Å². The first kappa shape index (κ1) is 16.7. The van der Waals surface area contributed by atoms with E-state index in [1.54, 1.807) is 18.9 Å². The molecule has 1 heterocycles. The van der Waals surface area contributed by atoms with Crippen LogP contribution in [0.5, 0.6) is 0 Å². The van der Waals surface area contributed by atoms with Gasteiger partial charge >= 0.3 is 12.0 Å². The Balaban J connectivity index is 2.17. The van der Waals surface area contributed by atoms with Crippen molar-refractivity contribution in [1.82, 2.24) is 10.2 Å². The second-order valence-electron chi connectivity index (χ2n) is 4.54. The molecule has 0 saturated carbocycles. The van der Waals surface area contributed by atoms with Crippen molar-refractivity contribution in [2.45, 2.75) is 19.8 Å². The molecule has 0 bridgehead atoms. The molecule has 7 heteroatoms. The van der Waals surface area contributed by atoms with Crippen molar-refractivity contribution in [3.8, 4) is 0 Å². The van der Waals surface area contributed by atoms with Crippen molar-refractivity contribution < 1.29 is 23.8 Å². The second-order valence-corrected chi connectivity index (χ2v) is 4.54. The van der Waals surface area contributed by atoms with Gasteiger partial charge in [-0.1, -0.05) is 0 Å². The van der Waals surface area contributed by atoms with E-state index in [0.717, 1.165) is 0 Å². The van der Waals surface area contributed by atoms with Gasteiger partial charge in [0.05, 0.1) is 25.7 Å². The highest BCUT2D eigenvalue weighted by Gasteiger charge is 2.27. The average molecular weight is 288 g/mol. The van der Waals surface area contributed by atoms with Crippen molar-refractivity contribution in [2.75, 3.05) is 46.8 Å².